The van der Waals surface area contributed by atoms with Crippen LogP contribution in [0.25, 0.3) is 11.1 Å². The third-order valence-corrected chi connectivity index (χ3v) is 10.9. The maximum atomic E-state index is 3.69. The summed E-state index contributed by atoms with van der Waals surface area (Å²) in [5, 5.41) is 0. The molecule has 0 saturated heterocycles. The van der Waals surface area contributed by atoms with Crippen molar-refractivity contribution in [3.05, 3.63) is 153 Å². The first-order chi connectivity index (χ1) is 22.9. The standard InChI is InChI=1S/C23H29.C13H10.C12H19.2ClH.Zr/c1-14-9-16-11-17-10-15(2)21(23(6,7)8)13-19(17)18(16)12-20(14)22(3,4)5;1-3-7-12(8-4-1)11-13-9-5-2-6-10-13;1-5-6-10-7-8-11(9-10)12(2,3)4;;;/h9,12-13H,11H2,1-8H3;1-10H;8-10H,5-6H2,1-4H3;2*1H;/q-1;;-1;;;+2/p-2. The molecular weight excluding hydrogens is 739 g/mol. The maximum absolute atomic E-state index is 3.69. The molecule has 2 aliphatic carbocycles. The summed E-state index contributed by atoms with van der Waals surface area (Å²) >= 11 is 1.46. The molecule has 6 rings (SSSR count). The molecule has 1 atom stereocenters. The third kappa shape index (κ3) is 11.8. The molecule has 0 N–H and O–H groups in total. The fraction of sp³-hybridized carbons (Fsp3) is 0.396. The van der Waals surface area contributed by atoms with Crippen molar-refractivity contribution in [3.63, 3.8) is 0 Å². The van der Waals surface area contributed by atoms with Crippen molar-refractivity contribution in [2.75, 3.05) is 0 Å². The molecule has 0 nitrogen and oxygen atoms in total. The number of hydrogen-bond donors (Lipinski definition) is 0. The van der Waals surface area contributed by atoms with Crippen molar-refractivity contribution in [2.45, 2.75) is 113 Å². The van der Waals surface area contributed by atoms with E-state index in [-0.39, 0.29) is 35.6 Å². The van der Waals surface area contributed by atoms with Crippen molar-refractivity contribution in [1.29, 1.82) is 0 Å². The van der Waals surface area contributed by atoms with E-state index in [0.717, 1.165) is 6.42 Å². The number of aryl methyl sites for hydroxylation is 2. The Morgan fingerprint density at radius 1 is 0.706 bits per heavy atom. The molecule has 270 valence electrons. The second-order valence-corrected chi connectivity index (χ2v) is 18.1. The van der Waals surface area contributed by atoms with Gasteiger partial charge in [-0.3, -0.25) is 6.08 Å². The minimum absolute atomic E-state index is 0. The van der Waals surface area contributed by atoms with Gasteiger partial charge < -0.3 is 24.8 Å². The molecule has 0 amide bonds. The molecule has 0 radical (unpaired) electrons. The van der Waals surface area contributed by atoms with Crippen molar-refractivity contribution >= 4 is 3.21 Å². The van der Waals surface area contributed by atoms with Crippen molar-refractivity contribution < 1.29 is 49.0 Å². The fourth-order valence-electron chi connectivity index (χ4n) is 6.85. The Bertz CT molecular complexity index is 1700. The van der Waals surface area contributed by atoms with Gasteiger partial charge in [0, 0.05) is 0 Å². The van der Waals surface area contributed by atoms with Gasteiger partial charge >= 0.3 is 99.2 Å². The number of allylic oxidation sites excluding steroid dienone is 4. The number of halogens is 2. The number of benzene rings is 4. The van der Waals surface area contributed by atoms with Crippen LogP contribution in [0.5, 0.6) is 0 Å². The Kier molecular flexibility index (Phi) is 16.4. The quantitative estimate of drug-likeness (QED) is 0.175. The first kappa shape index (κ1) is 44.9. The zero-order valence-electron chi connectivity index (χ0n) is 33.1. The van der Waals surface area contributed by atoms with Gasteiger partial charge in [0.05, 0.1) is 0 Å². The molecule has 0 saturated carbocycles. The Balaban J connectivity index is 0.000000278. The summed E-state index contributed by atoms with van der Waals surface area (Å²) in [6, 6.07) is 32.1. The summed E-state index contributed by atoms with van der Waals surface area (Å²) in [4.78, 5) is 0. The Morgan fingerprint density at radius 3 is 1.67 bits per heavy atom. The molecule has 0 aliphatic heterocycles. The molecule has 51 heavy (non-hydrogen) atoms. The minimum atomic E-state index is 0. The number of fused-ring (bicyclic) bond motifs is 3. The molecule has 0 aromatic heterocycles. The van der Waals surface area contributed by atoms with Crippen molar-refractivity contribution in [1.82, 2.24) is 0 Å². The van der Waals surface area contributed by atoms with Crippen LogP contribution in [0.15, 0.2) is 96.6 Å². The molecular formula is C48H58Cl2Zr-2. The monoisotopic (exact) mass is 794 g/mol. The first-order valence-electron chi connectivity index (χ1n) is 18.1. The molecule has 0 spiro atoms. The van der Waals surface area contributed by atoms with E-state index in [9.17, 15) is 0 Å². The molecule has 1 unspecified atom stereocenters. The molecule has 0 heterocycles. The fourth-order valence-corrected chi connectivity index (χ4v) is 7.67. The van der Waals surface area contributed by atoms with E-state index in [1.165, 1.54) is 101 Å². The molecule has 4 aromatic rings. The van der Waals surface area contributed by atoms with E-state index in [4.69, 9.17) is 0 Å². The summed E-state index contributed by atoms with van der Waals surface area (Å²) < 4.78 is 1.42. The molecule has 2 aliphatic rings. The van der Waals surface area contributed by atoms with Gasteiger partial charge in [0.15, 0.2) is 0 Å². The van der Waals surface area contributed by atoms with E-state index >= 15 is 0 Å². The SMILES string of the molecule is CCCC1[C-]=CC(C(C)(C)C)=C1.Cc1[c-]c2c(cc1C(C)(C)C)-c1cc(C(C)(C)C)c(C)cc1C2.[Cl-].[Cl-].[Zr+2]=[C](c1ccccc1)c1ccccc1. The summed E-state index contributed by atoms with van der Waals surface area (Å²) in [7, 11) is 0. The van der Waals surface area contributed by atoms with Crippen molar-refractivity contribution in [3.8, 4) is 11.1 Å². The van der Waals surface area contributed by atoms with Crippen LogP contribution in [0.3, 0.4) is 0 Å². The first-order valence-corrected chi connectivity index (χ1v) is 19.3. The summed E-state index contributed by atoms with van der Waals surface area (Å²) in [6.45, 7) is 27.2. The normalized spacial score (nSPS) is 14.4. The van der Waals surface area contributed by atoms with Gasteiger partial charge in [0.25, 0.3) is 0 Å². The van der Waals surface area contributed by atoms with Crippen LogP contribution in [-0.4, -0.2) is 3.21 Å². The molecule has 0 fully saturated rings. The average molecular weight is 797 g/mol. The van der Waals surface area contributed by atoms with Crippen LogP contribution in [-0.2, 0) is 41.5 Å². The average Bonchev–Trinajstić information content (AvgIpc) is 3.65. The topological polar surface area (TPSA) is 0 Å². The van der Waals surface area contributed by atoms with Gasteiger partial charge in [-0.2, -0.15) is 29.3 Å². The van der Waals surface area contributed by atoms with Crippen molar-refractivity contribution in [2.24, 2.45) is 11.3 Å². The summed E-state index contributed by atoms with van der Waals surface area (Å²) in [5.74, 6) is 0.587. The van der Waals surface area contributed by atoms with Gasteiger partial charge in [-0.15, -0.1) is 16.7 Å². The molecule has 4 aromatic carbocycles. The van der Waals surface area contributed by atoms with Gasteiger partial charge in [-0.1, -0.05) is 123 Å². The number of hydrogen-bond acceptors (Lipinski definition) is 0. The van der Waals surface area contributed by atoms with Gasteiger partial charge in [0.1, 0.15) is 0 Å². The van der Waals surface area contributed by atoms with Crippen LogP contribution in [0, 0.1) is 37.3 Å². The zero-order valence-corrected chi connectivity index (χ0v) is 37.1. The van der Waals surface area contributed by atoms with Gasteiger partial charge in [0.2, 0.25) is 0 Å². The van der Waals surface area contributed by atoms with E-state index in [1.54, 1.807) is 0 Å². The predicted octanol–water partition coefficient (Wildman–Crippen LogP) is 6.83. The van der Waals surface area contributed by atoms with Gasteiger partial charge in [-0.05, 0) is 35.4 Å². The van der Waals surface area contributed by atoms with Crippen LogP contribution in [0.2, 0.25) is 0 Å². The summed E-state index contributed by atoms with van der Waals surface area (Å²) in [5.41, 5.74) is 16.0. The summed E-state index contributed by atoms with van der Waals surface area (Å²) in [6.07, 6.45) is 11.5. The van der Waals surface area contributed by atoms with E-state index in [2.05, 4.69) is 186 Å². The van der Waals surface area contributed by atoms with Crippen LogP contribution < -0.4 is 24.8 Å². The zero-order chi connectivity index (χ0) is 36.1. The van der Waals surface area contributed by atoms with Crippen LogP contribution in [0.1, 0.15) is 127 Å². The Morgan fingerprint density at radius 2 is 1.22 bits per heavy atom. The Labute approximate surface area is 338 Å². The second-order valence-electron chi connectivity index (χ2n) is 16.9. The molecule has 3 heteroatoms. The van der Waals surface area contributed by atoms with Crippen LogP contribution in [0.4, 0.5) is 0 Å². The van der Waals surface area contributed by atoms with Crippen LogP contribution >= 0.6 is 0 Å². The second kappa shape index (κ2) is 18.6. The predicted molar refractivity (Wildman–Crippen MR) is 210 cm³/mol. The number of rotatable bonds is 4. The van der Waals surface area contributed by atoms with Gasteiger partial charge in [-0.25, -0.2) is 6.08 Å². The van der Waals surface area contributed by atoms with E-state index < -0.39 is 0 Å². The van der Waals surface area contributed by atoms with E-state index in [1.807, 2.05) is 0 Å². The Hall–Kier alpha value is -2.31. The van der Waals surface area contributed by atoms with E-state index in [0.29, 0.717) is 11.3 Å². The molecule has 0 bridgehead atoms. The third-order valence-electron chi connectivity index (χ3n) is 9.50.